The summed E-state index contributed by atoms with van der Waals surface area (Å²) in [5, 5.41) is 19.5. The number of unbranched alkanes of at least 4 members (excludes halogenated alkanes) is 11. The summed E-state index contributed by atoms with van der Waals surface area (Å²) < 4.78 is 17.6. The van der Waals surface area contributed by atoms with Gasteiger partial charge in [0.25, 0.3) is 17.5 Å². The number of rotatable bonds is 25. The zero-order chi connectivity index (χ0) is 38.9. The molecule has 4 aromatic rings. The summed E-state index contributed by atoms with van der Waals surface area (Å²) in [5.41, 5.74) is 6.50. The predicted molar refractivity (Wildman–Crippen MR) is 214 cm³/mol. The van der Waals surface area contributed by atoms with E-state index >= 15 is 0 Å². The first-order chi connectivity index (χ1) is 26.9. The van der Waals surface area contributed by atoms with Crippen LogP contribution in [0.25, 0.3) is 0 Å². The van der Waals surface area contributed by atoms with Crippen molar-refractivity contribution in [3.8, 4) is 17.2 Å². The maximum Gasteiger partial charge on any atom is 0.269 e. The van der Waals surface area contributed by atoms with E-state index in [1.54, 1.807) is 24.3 Å². The fraction of sp³-hybridized carbons (Fsp3) is 0.395. The molecule has 2 N–H and O–H groups in total. The molecule has 292 valence electrons. The fourth-order valence-corrected chi connectivity index (χ4v) is 5.57. The van der Waals surface area contributed by atoms with E-state index in [9.17, 15) is 19.7 Å². The van der Waals surface area contributed by atoms with E-state index < -0.39 is 16.7 Å². The summed E-state index contributed by atoms with van der Waals surface area (Å²) in [6, 6.07) is 26.8. The first kappa shape index (κ1) is 42.0. The highest BCUT2D eigenvalue weighted by Crippen LogP contribution is 2.24. The molecule has 12 nitrogen and oxygen atoms in total. The predicted octanol–water partition coefficient (Wildman–Crippen LogP) is 11.0. The van der Waals surface area contributed by atoms with Gasteiger partial charge in [-0.3, -0.25) is 30.6 Å². The summed E-state index contributed by atoms with van der Waals surface area (Å²) in [7, 11) is 0. The molecular formula is C43H53N5O7. The molecule has 0 saturated carbocycles. The highest BCUT2D eigenvalue weighted by atomic mass is 16.6. The molecule has 0 radical (unpaired) electrons. The lowest BCUT2D eigenvalue weighted by molar-refractivity contribution is -0.384. The molecule has 2 amide bonds. The van der Waals surface area contributed by atoms with Crippen LogP contribution in [0.4, 0.5) is 17.1 Å². The number of nitrogens with one attached hydrogen (secondary N) is 2. The second kappa shape index (κ2) is 24.5. The fourth-order valence-electron chi connectivity index (χ4n) is 5.57. The zero-order valence-corrected chi connectivity index (χ0v) is 31.8. The molecule has 4 rings (SSSR count). The van der Waals surface area contributed by atoms with E-state index in [4.69, 9.17) is 14.2 Å². The van der Waals surface area contributed by atoms with Gasteiger partial charge in [-0.15, -0.1) is 0 Å². The topological polar surface area (TPSA) is 154 Å². The van der Waals surface area contributed by atoms with Crippen molar-refractivity contribution in [1.29, 1.82) is 0 Å². The Hall–Kier alpha value is -5.78. The van der Waals surface area contributed by atoms with Crippen LogP contribution in [-0.2, 0) is 0 Å². The third-order valence-electron chi connectivity index (χ3n) is 8.79. The lowest BCUT2D eigenvalue weighted by Crippen LogP contribution is -2.41. The van der Waals surface area contributed by atoms with Crippen molar-refractivity contribution in [2.45, 2.75) is 90.4 Å². The van der Waals surface area contributed by atoms with E-state index in [2.05, 4.69) is 28.0 Å². The number of carbonyl (C=O) groups excluding carboxylic acids is 2. The normalized spacial score (nSPS) is 10.9. The summed E-state index contributed by atoms with van der Waals surface area (Å²) in [5.74, 6) is 1.15. The van der Waals surface area contributed by atoms with E-state index in [0.717, 1.165) is 55.2 Å². The summed E-state index contributed by atoms with van der Waals surface area (Å²) in [6.45, 7) is 4.10. The molecule has 4 aromatic carbocycles. The number of benzene rings is 4. The highest BCUT2D eigenvalue weighted by Gasteiger charge is 2.12. The molecule has 0 saturated heterocycles. The van der Waals surface area contributed by atoms with E-state index in [0.29, 0.717) is 24.5 Å². The van der Waals surface area contributed by atoms with Gasteiger partial charge in [0.2, 0.25) is 0 Å². The number of nitro groups is 1. The Labute approximate surface area is 323 Å². The Kier molecular flexibility index (Phi) is 18.7. The standard InChI is InChI=1S/C43H53N5O7/c1-2-3-4-5-6-7-8-9-10-12-31-54-40-27-19-36(20-28-40)44-45-37-21-29-41(30-22-37)55-33-14-11-13-32-53-39-25-17-35(18-26-39)43(50)47-46-42(49)34-15-23-38(24-16-34)48(51)52/h15-30H,2-14,31-33H2,1H3,(H,46,49)(H,47,50). The summed E-state index contributed by atoms with van der Waals surface area (Å²) >= 11 is 0. The number of hydrazine groups is 1. The van der Waals surface area contributed by atoms with Gasteiger partial charge in [-0.2, -0.15) is 10.2 Å². The number of nitro benzene ring substituents is 1. The van der Waals surface area contributed by atoms with E-state index in [1.165, 1.54) is 82.1 Å². The van der Waals surface area contributed by atoms with Crippen LogP contribution in [0.5, 0.6) is 17.2 Å². The van der Waals surface area contributed by atoms with Crippen molar-refractivity contribution in [3.63, 3.8) is 0 Å². The molecule has 0 aliphatic heterocycles. The zero-order valence-electron chi connectivity index (χ0n) is 31.8. The number of azo groups is 1. The average molecular weight is 752 g/mol. The number of amides is 2. The SMILES string of the molecule is CCCCCCCCCCCCOc1ccc(N=Nc2ccc(OCCCCCOc3ccc(C(=O)NNC(=O)c4ccc([N+](=O)[O-])cc4)cc3)cc2)cc1. The van der Waals surface area contributed by atoms with Crippen molar-refractivity contribution < 1.29 is 28.7 Å². The maximum atomic E-state index is 12.4. The van der Waals surface area contributed by atoms with Crippen molar-refractivity contribution in [3.05, 3.63) is 118 Å². The number of hydrogen-bond acceptors (Lipinski definition) is 9. The monoisotopic (exact) mass is 751 g/mol. The Morgan fingerprint density at radius 1 is 0.509 bits per heavy atom. The van der Waals surface area contributed by atoms with Crippen molar-refractivity contribution in [2.75, 3.05) is 19.8 Å². The minimum atomic E-state index is -0.595. The third kappa shape index (κ3) is 16.4. The molecule has 0 aromatic heterocycles. The lowest BCUT2D eigenvalue weighted by atomic mass is 10.1. The number of nitrogens with zero attached hydrogens (tertiary/aromatic N) is 3. The molecule has 0 heterocycles. The van der Waals surface area contributed by atoms with Crippen LogP contribution in [0, 0.1) is 10.1 Å². The van der Waals surface area contributed by atoms with Crippen molar-refractivity contribution in [1.82, 2.24) is 10.9 Å². The van der Waals surface area contributed by atoms with E-state index in [1.807, 2.05) is 48.5 Å². The van der Waals surface area contributed by atoms with Crippen LogP contribution in [-0.4, -0.2) is 36.6 Å². The molecule has 0 fully saturated rings. The van der Waals surface area contributed by atoms with Gasteiger partial charge in [0.05, 0.1) is 36.1 Å². The van der Waals surface area contributed by atoms with Crippen LogP contribution >= 0.6 is 0 Å². The van der Waals surface area contributed by atoms with Gasteiger partial charge < -0.3 is 14.2 Å². The first-order valence-corrected chi connectivity index (χ1v) is 19.4. The highest BCUT2D eigenvalue weighted by molar-refractivity contribution is 5.99. The van der Waals surface area contributed by atoms with E-state index in [-0.39, 0.29) is 11.3 Å². The Bertz CT molecular complexity index is 1750. The van der Waals surface area contributed by atoms with Crippen molar-refractivity contribution >= 4 is 28.9 Å². The lowest BCUT2D eigenvalue weighted by Gasteiger charge is -2.09. The Morgan fingerprint density at radius 2 is 0.836 bits per heavy atom. The molecule has 12 heteroatoms. The molecule has 0 unspecified atom stereocenters. The van der Waals surface area contributed by atoms with Gasteiger partial charge in [0, 0.05) is 23.3 Å². The van der Waals surface area contributed by atoms with Gasteiger partial charge >= 0.3 is 0 Å². The third-order valence-corrected chi connectivity index (χ3v) is 8.79. The van der Waals surface area contributed by atoms with Gasteiger partial charge in [0.15, 0.2) is 0 Å². The average Bonchev–Trinajstić information content (AvgIpc) is 3.21. The largest absolute Gasteiger partial charge is 0.494 e. The molecule has 55 heavy (non-hydrogen) atoms. The molecule has 0 aliphatic rings. The maximum absolute atomic E-state index is 12.4. The van der Waals surface area contributed by atoms with Gasteiger partial charge in [0.1, 0.15) is 17.2 Å². The minimum absolute atomic E-state index is 0.131. The van der Waals surface area contributed by atoms with Gasteiger partial charge in [-0.25, -0.2) is 0 Å². The Morgan fingerprint density at radius 3 is 1.22 bits per heavy atom. The summed E-state index contributed by atoms with van der Waals surface area (Å²) in [4.78, 5) is 34.8. The van der Waals surface area contributed by atoms with Crippen LogP contribution in [0.1, 0.15) is 111 Å². The van der Waals surface area contributed by atoms with Crippen LogP contribution in [0.15, 0.2) is 107 Å². The molecular weight excluding hydrogens is 699 g/mol. The quantitative estimate of drug-likeness (QED) is 0.0296. The molecule has 0 atom stereocenters. The second-order valence-corrected chi connectivity index (χ2v) is 13.2. The van der Waals surface area contributed by atoms with Gasteiger partial charge in [-0.05, 0) is 111 Å². The molecule has 0 aliphatic carbocycles. The van der Waals surface area contributed by atoms with Crippen LogP contribution in [0.2, 0.25) is 0 Å². The number of non-ortho nitro benzene ring substituents is 1. The van der Waals surface area contributed by atoms with Crippen molar-refractivity contribution in [2.24, 2.45) is 10.2 Å². The van der Waals surface area contributed by atoms with Crippen LogP contribution in [0.3, 0.4) is 0 Å². The van der Waals surface area contributed by atoms with Gasteiger partial charge in [-0.1, -0.05) is 64.7 Å². The first-order valence-electron chi connectivity index (χ1n) is 19.4. The van der Waals surface area contributed by atoms with Crippen LogP contribution < -0.4 is 25.1 Å². The summed E-state index contributed by atoms with van der Waals surface area (Å²) in [6.07, 6.45) is 15.7. The molecule has 0 spiro atoms. The number of carbonyl (C=O) groups is 2. The number of hydrogen-bond donors (Lipinski definition) is 2. The minimum Gasteiger partial charge on any atom is -0.494 e. The second-order valence-electron chi connectivity index (χ2n) is 13.2. The number of ether oxygens (including phenoxy) is 3. The molecule has 0 bridgehead atoms. The smallest absolute Gasteiger partial charge is 0.269 e. The Balaban J connectivity index is 1.02.